The summed E-state index contributed by atoms with van der Waals surface area (Å²) in [5.41, 5.74) is 1.59. The van der Waals surface area contributed by atoms with E-state index in [9.17, 15) is 0 Å². The van der Waals surface area contributed by atoms with Gasteiger partial charge in [0.15, 0.2) is 0 Å². The molecule has 4 heteroatoms. The molecule has 50 valence electrons. The minimum atomic E-state index is 0.364. The lowest BCUT2D eigenvalue weighted by Crippen LogP contribution is -1.75. The number of hydrogen-bond donors (Lipinski definition) is 1. The van der Waals surface area contributed by atoms with Gasteiger partial charge in [0.05, 0.1) is 22.3 Å². The van der Waals surface area contributed by atoms with Gasteiger partial charge < -0.3 is 0 Å². The molecule has 0 spiro atoms. The summed E-state index contributed by atoms with van der Waals surface area (Å²) in [5.74, 6) is 0.364. The predicted octanol–water partition coefficient (Wildman–Crippen LogP) is 2.11. The Balaban J connectivity index is 3.04. The van der Waals surface area contributed by atoms with Crippen LogP contribution < -0.4 is 0 Å². The molecule has 0 fully saturated rings. The zero-order valence-electron chi connectivity index (χ0n) is 4.91. The largest absolute Gasteiger partial charge is 0.281 e. The van der Waals surface area contributed by atoms with Gasteiger partial charge in [0.2, 0.25) is 0 Å². The number of aryl methyl sites for hydroxylation is 1. The summed E-state index contributed by atoms with van der Waals surface area (Å²) < 4.78 is 0. The fraction of sp³-hybridized carbons (Fsp3) is 0.400. The third kappa shape index (κ3) is 1.19. The Morgan fingerprint density at radius 1 is 1.67 bits per heavy atom. The lowest BCUT2D eigenvalue weighted by Gasteiger charge is -1.84. The van der Waals surface area contributed by atoms with Crippen LogP contribution in [0.25, 0.3) is 0 Å². The van der Waals surface area contributed by atoms with Gasteiger partial charge in [-0.2, -0.15) is 5.10 Å². The molecule has 0 aliphatic rings. The maximum Gasteiger partial charge on any atom is 0.0958 e. The maximum absolute atomic E-state index is 5.73. The van der Waals surface area contributed by atoms with Crippen molar-refractivity contribution >= 4 is 23.2 Å². The van der Waals surface area contributed by atoms with Gasteiger partial charge in [-0.15, -0.1) is 11.6 Å². The Morgan fingerprint density at radius 2 is 2.33 bits per heavy atom. The summed E-state index contributed by atoms with van der Waals surface area (Å²) in [5, 5.41) is 7.21. The molecule has 0 aliphatic heterocycles. The van der Waals surface area contributed by atoms with Crippen LogP contribution in [0, 0.1) is 6.92 Å². The maximum atomic E-state index is 5.73. The molecule has 1 rings (SSSR count). The van der Waals surface area contributed by atoms with Gasteiger partial charge in [0.1, 0.15) is 0 Å². The van der Waals surface area contributed by atoms with E-state index in [0.29, 0.717) is 10.9 Å². The van der Waals surface area contributed by atoms with Crippen molar-refractivity contribution in [3.05, 3.63) is 16.4 Å². The van der Waals surface area contributed by atoms with E-state index in [1.165, 1.54) is 0 Å². The van der Waals surface area contributed by atoms with Crippen molar-refractivity contribution in [3.8, 4) is 0 Å². The molecule has 0 radical (unpaired) electrons. The van der Waals surface area contributed by atoms with Crippen LogP contribution in [0.15, 0.2) is 0 Å². The normalized spacial score (nSPS) is 10.1. The molecule has 9 heavy (non-hydrogen) atoms. The van der Waals surface area contributed by atoms with E-state index >= 15 is 0 Å². The minimum absolute atomic E-state index is 0.364. The Morgan fingerprint density at radius 3 is 2.56 bits per heavy atom. The van der Waals surface area contributed by atoms with Crippen molar-refractivity contribution < 1.29 is 0 Å². The number of aromatic nitrogens is 2. The van der Waals surface area contributed by atoms with Crippen LogP contribution in [0.5, 0.6) is 0 Å². The number of H-pyrrole nitrogens is 1. The van der Waals surface area contributed by atoms with E-state index in [-0.39, 0.29) is 0 Å². The van der Waals surface area contributed by atoms with Crippen LogP contribution in [-0.4, -0.2) is 10.2 Å². The fourth-order valence-electron chi connectivity index (χ4n) is 0.554. The number of nitrogens with zero attached hydrogens (tertiary/aromatic N) is 1. The quantitative estimate of drug-likeness (QED) is 0.634. The number of hydrogen-bond acceptors (Lipinski definition) is 1. The van der Waals surface area contributed by atoms with E-state index in [2.05, 4.69) is 10.2 Å². The Bertz CT molecular complexity index is 207. The summed E-state index contributed by atoms with van der Waals surface area (Å²) in [6.45, 7) is 1.85. The molecule has 1 N–H and O–H groups in total. The van der Waals surface area contributed by atoms with Crippen LogP contribution in [0.2, 0.25) is 5.02 Å². The first-order valence-electron chi connectivity index (χ1n) is 2.51. The second-order valence-electron chi connectivity index (χ2n) is 1.74. The highest BCUT2D eigenvalue weighted by molar-refractivity contribution is 6.32. The zero-order chi connectivity index (χ0) is 6.85. The second kappa shape index (κ2) is 2.58. The highest BCUT2D eigenvalue weighted by Crippen LogP contribution is 2.17. The van der Waals surface area contributed by atoms with Crippen LogP contribution in [0.4, 0.5) is 0 Å². The fourth-order valence-corrected chi connectivity index (χ4v) is 0.968. The number of aromatic amines is 1. The Labute approximate surface area is 63.2 Å². The Kier molecular flexibility index (Phi) is 1.98. The molecule has 0 bridgehead atoms. The number of alkyl halides is 1. The number of halogens is 2. The van der Waals surface area contributed by atoms with Crippen molar-refractivity contribution in [3.63, 3.8) is 0 Å². The van der Waals surface area contributed by atoms with E-state index < -0.39 is 0 Å². The second-order valence-corrected chi connectivity index (χ2v) is 2.39. The first kappa shape index (κ1) is 6.90. The van der Waals surface area contributed by atoms with Crippen LogP contribution in [-0.2, 0) is 5.88 Å². The lowest BCUT2D eigenvalue weighted by molar-refractivity contribution is 1.01. The van der Waals surface area contributed by atoms with Gasteiger partial charge >= 0.3 is 0 Å². The van der Waals surface area contributed by atoms with Crippen molar-refractivity contribution in [2.75, 3.05) is 0 Å². The zero-order valence-corrected chi connectivity index (χ0v) is 6.42. The summed E-state index contributed by atoms with van der Waals surface area (Å²) >= 11 is 11.2. The molecule has 0 saturated heterocycles. The van der Waals surface area contributed by atoms with E-state index in [1.54, 1.807) is 0 Å². The summed E-state index contributed by atoms with van der Waals surface area (Å²) in [6.07, 6.45) is 0. The molecule has 1 aromatic rings. The van der Waals surface area contributed by atoms with Gasteiger partial charge in [0, 0.05) is 0 Å². The van der Waals surface area contributed by atoms with Crippen molar-refractivity contribution in [2.45, 2.75) is 12.8 Å². The van der Waals surface area contributed by atoms with E-state index in [0.717, 1.165) is 11.4 Å². The standard InChI is InChI=1S/C5H6Cl2N2/c1-3-5(7)4(2-6)9-8-3/h2H2,1H3,(H,8,9). The summed E-state index contributed by atoms with van der Waals surface area (Å²) in [6, 6.07) is 0. The molecule has 0 atom stereocenters. The highest BCUT2D eigenvalue weighted by atomic mass is 35.5. The Hall–Kier alpha value is -0.210. The molecule has 0 saturated carbocycles. The van der Waals surface area contributed by atoms with Crippen molar-refractivity contribution in [1.82, 2.24) is 10.2 Å². The average molecular weight is 165 g/mol. The molecule has 1 aromatic heterocycles. The van der Waals surface area contributed by atoms with Gasteiger partial charge in [-0.3, -0.25) is 5.10 Å². The third-order valence-corrected chi connectivity index (χ3v) is 1.82. The number of rotatable bonds is 1. The average Bonchev–Trinajstić information content (AvgIpc) is 2.15. The highest BCUT2D eigenvalue weighted by Gasteiger charge is 2.04. The first-order valence-corrected chi connectivity index (χ1v) is 3.42. The molecule has 1 heterocycles. The number of nitrogens with one attached hydrogen (secondary N) is 1. The minimum Gasteiger partial charge on any atom is -0.281 e. The molecule has 0 aliphatic carbocycles. The van der Waals surface area contributed by atoms with Crippen molar-refractivity contribution in [1.29, 1.82) is 0 Å². The van der Waals surface area contributed by atoms with Crippen LogP contribution in [0.3, 0.4) is 0 Å². The molecule has 2 nitrogen and oxygen atoms in total. The summed E-state index contributed by atoms with van der Waals surface area (Å²) in [7, 11) is 0. The van der Waals surface area contributed by atoms with Crippen LogP contribution in [0.1, 0.15) is 11.4 Å². The van der Waals surface area contributed by atoms with Crippen LogP contribution >= 0.6 is 23.2 Å². The SMILES string of the molecule is Cc1[nH]nc(CCl)c1Cl. The van der Waals surface area contributed by atoms with Crippen molar-refractivity contribution in [2.24, 2.45) is 0 Å². The molecule has 0 unspecified atom stereocenters. The first-order chi connectivity index (χ1) is 4.25. The lowest BCUT2D eigenvalue weighted by atomic mass is 10.4. The monoisotopic (exact) mass is 164 g/mol. The topological polar surface area (TPSA) is 28.7 Å². The third-order valence-electron chi connectivity index (χ3n) is 1.07. The van der Waals surface area contributed by atoms with E-state index in [4.69, 9.17) is 23.2 Å². The molecular weight excluding hydrogens is 159 g/mol. The smallest absolute Gasteiger partial charge is 0.0958 e. The molecular formula is C5H6Cl2N2. The molecule has 0 aromatic carbocycles. The molecule has 0 amide bonds. The predicted molar refractivity (Wildman–Crippen MR) is 37.9 cm³/mol. The van der Waals surface area contributed by atoms with E-state index in [1.807, 2.05) is 6.92 Å². The van der Waals surface area contributed by atoms with Gasteiger partial charge in [-0.25, -0.2) is 0 Å². The van der Waals surface area contributed by atoms with Gasteiger partial charge in [-0.05, 0) is 6.92 Å². The summed E-state index contributed by atoms with van der Waals surface area (Å²) in [4.78, 5) is 0. The van der Waals surface area contributed by atoms with Gasteiger partial charge in [-0.1, -0.05) is 11.6 Å². The van der Waals surface area contributed by atoms with Gasteiger partial charge in [0.25, 0.3) is 0 Å².